The Hall–Kier alpha value is -0.890. The molecule has 0 unspecified atom stereocenters. The van der Waals surface area contributed by atoms with Crippen LogP contribution in [0.4, 0.5) is 4.39 Å². The van der Waals surface area contributed by atoms with Gasteiger partial charge in [0.15, 0.2) is 5.82 Å². The second kappa shape index (κ2) is 7.21. The molecule has 5 nitrogen and oxygen atoms in total. The summed E-state index contributed by atoms with van der Waals surface area (Å²) in [6.07, 6.45) is 0.422. The van der Waals surface area contributed by atoms with E-state index in [9.17, 15) is 17.6 Å². The molecule has 0 spiro atoms. The second-order valence-electron chi connectivity index (χ2n) is 3.69. The van der Waals surface area contributed by atoms with Gasteiger partial charge < -0.3 is 9.47 Å². The van der Waals surface area contributed by atoms with Crippen LogP contribution in [0.25, 0.3) is 0 Å². The Labute approximate surface area is 125 Å². The molecular formula is C11H11Cl2FO5S. The molecule has 0 N–H and O–H groups in total. The summed E-state index contributed by atoms with van der Waals surface area (Å²) in [6, 6.07) is 1.79. The lowest BCUT2D eigenvalue weighted by Gasteiger charge is -2.08. The molecule has 0 aromatic heterocycles. The molecule has 0 aliphatic rings. The van der Waals surface area contributed by atoms with E-state index in [-0.39, 0.29) is 11.6 Å². The van der Waals surface area contributed by atoms with E-state index in [4.69, 9.17) is 31.8 Å². The van der Waals surface area contributed by atoms with E-state index < -0.39 is 31.3 Å². The van der Waals surface area contributed by atoms with Crippen LogP contribution in [-0.2, 0) is 18.5 Å². The lowest BCUT2D eigenvalue weighted by Crippen LogP contribution is -2.12. The first-order valence-corrected chi connectivity index (χ1v) is 8.06. The summed E-state index contributed by atoms with van der Waals surface area (Å²) < 4.78 is 45.8. The molecule has 0 saturated carbocycles. The number of halogens is 3. The van der Waals surface area contributed by atoms with Crippen molar-refractivity contribution >= 4 is 37.3 Å². The van der Waals surface area contributed by atoms with Gasteiger partial charge in [0.1, 0.15) is 4.90 Å². The number of hydrogen-bond donors (Lipinski definition) is 0. The molecule has 0 fully saturated rings. The summed E-state index contributed by atoms with van der Waals surface area (Å²) >= 11 is 5.64. The number of esters is 1. The Balaban J connectivity index is 3.01. The van der Waals surface area contributed by atoms with Crippen molar-refractivity contribution in [2.24, 2.45) is 0 Å². The number of benzene rings is 1. The average molecular weight is 345 g/mol. The molecule has 1 rings (SSSR count). The molecule has 0 amide bonds. The van der Waals surface area contributed by atoms with Crippen LogP contribution in [0.5, 0.6) is 0 Å². The zero-order valence-corrected chi connectivity index (χ0v) is 12.7. The smallest absolute Gasteiger partial charge is 0.341 e. The largest absolute Gasteiger partial charge is 0.462 e. The molecule has 9 heteroatoms. The summed E-state index contributed by atoms with van der Waals surface area (Å²) in [5.74, 6) is -2.32. The number of methoxy groups -OCH3 is 1. The first-order chi connectivity index (χ1) is 9.27. The first kappa shape index (κ1) is 17.2. The lowest BCUT2D eigenvalue weighted by atomic mass is 10.2. The zero-order valence-electron chi connectivity index (χ0n) is 10.4. The highest BCUT2D eigenvalue weighted by Crippen LogP contribution is 2.26. The van der Waals surface area contributed by atoms with Crippen LogP contribution in [0.1, 0.15) is 16.8 Å². The summed E-state index contributed by atoms with van der Waals surface area (Å²) in [6.45, 7) is 0.369. The molecule has 1 aromatic rings. The molecule has 0 radical (unpaired) electrons. The van der Waals surface area contributed by atoms with Crippen molar-refractivity contribution in [3.8, 4) is 0 Å². The second-order valence-corrected chi connectivity index (χ2v) is 6.66. The van der Waals surface area contributed by atoms with Crippen LogP contribution in [0.3, 0.4) is 0 Å². The van der Waals surface area contributed by atoms with Crippen molar-refractivity contribution in [2.45, 2.75) is 11.3 Å². The maximum absolute atomic E-state index is 13.9. The third kappa shape index (κ3) is 4.59. The van der Waals surface area contributed by atoms with E-state index in [1.54, 1.807) is 0 Å². The predicted molar refractivity (Wildman–Crippen MR) is 71.2 cm³/mol. The van der Waals surface area contributed by atoms with Crippen LogP contribution < -0.4 is 0 Å². The predicted octanol–water partition coefficient (Wildman–Crippen LogP) is 2.60. The van der Waals surface area contributed by atoms with Gasteiger partial charge in [-0.2, -0.15) is 0 Å². The quantitative estimate of drug-likeness (QED) is 0.450. The Bertz CT molecular complexity index is 603. The SMILES string of the molecule is COCCCOC(=O)c1cc(Cl)cc(S(=O)(=O)Cl)c1F. The fourth-order valence-corrected chi connectivity index (χ4v) is 2.55. The van der Waals surface area contributed by atoms with Crippen molar-refractivity contribution in [1.29, 1.82) is 0 Å². The fourth-order valence-electron chi connectivity index (χ4n) is 1.34. The standard InChI is InChI=1S/C11H11Cl2FO5S/c1-18-3-2-4-19-11(15)8-5-7(12)6-9(10(8)14)20(13,16)17/h5-6H,2-4H2,1H3. The van der Waals surface area contributed by atoms with Gasteiger partial charge in [-0.25, -0.2) is 17.6 Å². The fraction of sp³-hybridized carbons (Fsp3) is 0.364. The summed E-state index contributed by atoms with van der Waals surface area (Å²) in [5, 5.41) is -0.144. The maximum Gasteiger partial charge on any atom is 0.341 e. The first-order valence-electron chi connectivity index (χ1n) is 5.37. The van der Waals surface area contributed by atoms with Crippen LogP contribution in [0.2, 0.25) is 5.02 Å². The van der Waals surface area contributed by atoms with Crippen molar-refractivity contribution < 1.29 is 27.1 Å². The van der Waals surface area contributed by atoms with Gasteiger partial charge in [-0.1, -0.05) is 11.6 Å². The molecule has 20 heavy (non-hydrogen) atoms. The van der Waals surface area contributed by atoms with Gasteiger partial charge in [-0.05, 0) is 12.1 Å². The molecule has 0 aliphatic carbocycles. The molecule has 0 heterocycles. The number of carbonyl (C=O) groups excluding carboxylic acids is 1. The minimum atomic E-state index is -4.36. The third-order valence-corrected chi connectivity index (χ3v) is 3.75. The summed E-state index contributed by atoms with van der Waals surface area (Å²) in [5.41, 5.74) is -0.589. The van der Waals surface area contributed by atoms with Gasteiger partial charge in [0.25, 0.3) is 9.05 Å². The van der Waals surface area contributed by atoms with Gasteiger partial charge >= 0.3 is 5.97 Å². The summed E-state index contributed by atoms with van der Waals surface area (Å²) in [4.78, 5) is 10.8. The van der Waals surface area contributed by atoms with E-state index >= 15 is 0 Å². The highest BCUT2D eigenvalue weighted by molar-refractivity contribution is 8.13. The van der Waals surface area contributed by atoms with E-state index in [0.717, 1.165) is 12.1 Å². The average Bonchev–Trinajstić information content (AvgIpc) is 2.35. The molecule has 0 atom stereocenters. The minimum Gasteiger partial charge on any atom is -0.462 e. The number of rotatable bonds is 6. The third-order valence-electron chi connectivity index (χ3n) is 2.21. The summed E-state index contributed by atoms with van der Waals surface area (Å²) in [7, 11) is 2.19. The van der Waals surface area contributed by atoms with Gasteiger partial charge in [-0.3, -0.25) is 0 Å². The topological polar surface area (TPSA) is 69.7 Å². The molecule has 0 bridgehead atoms. The monoisotopic (exact) mass is 344 g/mol. The van der Waals surface area contributed by atoms with Crippen molar-refractivity contribution in [2.75, 3.05) is 20.3 Å². The van der Waals surface area contributed by atoms with E-state index in [1.807, 2.05) is 0 Å². The molecular weight excluding hydrogens is 334 g/mol. The van der Waals surface area contributed by atoms with E-state index in [2.05, 4.69) is 0 Å². The van der Waals surface area contributed by atoms with Crippen molar-refractivity contribution in [1.82, 2.24) is 0 Å². The van der Waals surface area contributed by atoms with Crippen LogP contribution >= 0.6 is 22.3 Å². The lowest BCUT2D eigenvalue weighted by molar-refractivity contribution is 0.0462. The number of hydrogen-bond acceptors (Lipinski definition) is 5. The van der Waals surface area contributed by atoms with Gasteiger partial charge in [0.05, 0.1) is 12.2 Å². The Kier molecular flexibility index (Phi) is 6.19. The molecule has 0 aliphatic heterocycles. The molecule has 0 saturated heterocycles. The Morgan fingerprint density at radius 1 is 1.35 bits per heavy atom. The minimum absolute atomic E-state index is 0.00157. The van der Waals surface area contributed by atoms with E-state index in [0.29, 0.717) is 13.0 Å². The van der Waals surface area contributed by atoms with Crippen molar-refractivity contribution in [3.63, 3.8) is 0 Å². The van der Waals surface area contributed by atoms with Crippen molar-refractivity contribution in [3.05, 3.63) is 28.5 Å². The highest BCUT2D eigenvalue weighted by atomic mass is 35.7. The molecule has 1 aromatic carbocycles. The molecule has 112 valence electrons. The van der Waals surface area contributed by atoms with Crippen LogP contribution in [0, 0.1) is 5.82 Å². The van der Waals surface area contributed by atoms with Gasteiger partial charge in [-0.15, -0.1) is 0 Å². The number of ether oxygens (including phenoxy) is 2. The van der Waals surface area contributed by atoms with Crippen LogP contribution in [0.15, 0.2) is 17.0 Å². The maximum atomic E-state index is 13.9. The highest BCUT2D eigenvalue weighted by Gasteiger charge is 2.24. The van der Waals surface area contributed by atoms with Gasteiger partial charge in [0.2, 0.25) is 0 Å². The van der Waals surface area contributed by atoms with Gasteiger partial charge in [0, 0.05) is 35.8 Å². The number of carbonyl (C=O) groups is 1. The Morgan fingerprint density at radius 3 is 2.55 bits per heavy atom. The normalized spacial score (nSPS) is 11.4. The van der Waals surface area contributed by atoms with E-state index in [1.165, 1.54) is 7.11 Å². The van der Waals surface area contributed by atoms with Crippen LogP contribution in [-0.4, -0.2) is 34.7 Å². The Morgan fingerprint density at radius 2 is 2.00 bits per heavy atom. The zero-order chi connectivity index (χ0) is 15.3.